The van der Waals surface area contributed by atoms with Gasteiger partial charge in [0.2, 0.25) is 5.60 Å². The molecular formula is C24H22BO2+. The molecule has 0 amide bonds. The van der Waals surface area contributed by atoms with E-state index >= 15 is 0 Å². The topological polar surface area (TPSA) is 18.5 Å². The first kappa shape index (κ1) is 16.7. The minimum atomic E-state index is -0.585. The van der Waals surface area contributed by atoms with Crippen LogP contribution in [0.2, 0.25) is 0 Å². The molecule has 1 saturated heterocycles. The second-order valence-corrected chi connectivity index (χ2v) is 8.20. The van der Waals surface area contributed by atoms with E-state index in [-0.39, 0.29) is 0 Å². The van der Waals surface area contributed by atoms with Gasteiger partial charge in [0.15, 0.2) is 0 Å². The summed E-state index contributed by atoms with van der Waals surface area (Å²) in [7, 11) is -0.405. The van der Waals surface area contributed by atoms with Crippen molar-refractivity contribution >= 4 is 44.9 Å². The lowest BCUT2D eigenvalue weighted by atomic mass is 9.77. The van der Waals surface area contributed by atoms with Crippen LogP contribution >= 0.6 is 0 Å². The van der Waals surface area contributed by atoms with Crippen LogP contribution in [0.15, 0.2) is 66.7 Å². The molecule has 1 unspecified atom stereocenters. The van der Waals surface area contributed by atoms with Crippen molar-refractivity contribution in [2.75, 3.05) is 0 Å². The predicted octanol–water partition coefficient (Wildman–Crippen LogP) is 5.26. The highest BCUT2D eigenvalue weighted by molar-refractivity contribution is 6.62. The fourth-order valence-corrected chi connectivity index (χ4v) is 4.00. The Labute approximate surface area is 160 Å². The molecule has 4 aromatic rings. The largest absolute Gasteiger partial charge is 0.498 e. The van der Waals surface area contributed by atoms with Gasteiger partial charge in [-0.25, -0.2) is 0 Å². The summed E-state index contributed by atoms with van der Waals surface area (Å²) in [6.45, 7) is 10.3. The van der Waals surface area contributed by atoms with Gasteiger partial charge in [-0.15, -0.1) is 0 Å². The van der Waals surface area contributed by atoms with Gasteiger partial charge >= 0.3 is 7.12 Å². The van der Waals surface area contributed by atoms with E-state index in [1.807, 2.05) is 20.8 Å². The monoisotopic (exact) mass is 353 g/mol. The summed E-state index contributed by atoms with van der Waals surface area (Å²) < 4.78 is 12.4. The van der Waals surface area contributed by atoms with E-state index in [2.05, 4.69) is 73.7 Å². The van der Waals surface area contributed by atoms with Crippen LogP contribution < -0.4 is 5.46 Å². The van der Waals surface area contributed by atoms with Crippen molar-refractivity contribution in [1.29, 1.82) is 0 Å². The molecule has 0 bridgehead atoms. The minimum Gasteiger partial charge on any atom is -0.395 e. The Morgan fingerprint density at radius 2 is 1.15 bits per heavy atom. The Kier molecular flexibility index (Phi) is 3.40. The SMILES string of the molecule is [CH2+]C1(C)OB(c2ccc3c4ccccc4c4ccccc4c3c2)OC1(C)C. The van der Waals surface area contributed by atoms with Crippen molar-refractivity contribution in [1.82, 2.24) is 0 Å². The van der Waals surface area contributed by atoms with Crippen LogP contribution in [0.4, 0.5) is 0 Å². The van der Waals surface area contributed by atoms with Gasteiger partial charge < -0.3 is 9.31 Å². The van der Waals surface area contributed by atoms with Crippen LogP contribution in [-0.2, 0) is 9.31 Å². The van der Waals surface area contributed by atoms with E-state index in [0.717, 1.165) is 5.46 Å². The van der Waals surface area contributed by atoms with Crippen LogP contribution in [-0.4, -0.2) is 18.3 Å². The molecule has 27 heavy (non-hydrogen) atoms. The molecule has 1 aliphatic heterocycles. The lowest BCUT2D eigenvalue weighted by Crippen LogP contribution is -2.42. The van der Waals surface area contributed by atoms with Crippen LogP contribution in [0.5, 0.6) is 0 Å². The lowest BCUT2D eigenvalue weighted by molar-refractivity contribution is 0.0262. The minimum absolute atomic E-state index is 0.405. The molecular weight excluding hydrogens is 331 g/mol. The molecule has 0 radical (unpaired) electrons. The molecule has 0 aliphatic carbocycles. The van der Waals surface area contributed by atoms with E-state index in [9.17, 15) is 0 Å². The standard InChI is InChI=1S/C24H22BO2/c1-23(2)24(3,4)27-25(26-23)16-13-14-21-19-11-6-5-9-17(19)18-10-7-8-12-20(18)22(21)15-16/h5-15H,1H2,2-4H3/q+1. The van der Waals surface area contributed by atoms with Gasteiger partial charge in [0.1, 0.15) is 5.60 Å². The van der Waals surface area contributed by atoms with E-state index < -0.39 is 18.3 Å². The maximum absolute atomic E-state index is 6.21. The summed E-state index contributed by atoms with van der Waals surface area (Å²) in [5, 5.41) is 7.56. The van der Waals surface area contributed by atoms with E-state index in [1.165, 1.54) is 32.3 Å². The second kappa shape index (κ2) is 5.51. The smallest absolute Gasteiger partial charge is 0.395 e. The summed E-state index contributed by atoms with van der Waals surface area (Å²) in [6.07, 6.45) is 0. The van der Waals surface area contributed by atoms with Gasteiger partial charge in [-0.3, -0.25) is 0 Å². The summed E-state index contributed by atoms with van der Waals surface area (Å²) in [5.41, 5.74) is -0.000683. The quantitative estimate of drug-likeness (QED) is 0.264. The highest BCUT2D eigenvalue weighted by Gasteiger charge is 2.57. The molecule has 4 aromatic carbocycles. The van der Waals surface area contributed by atoms with Crippen molar-refractivity contribution in [3.05, 3.63) is 73.7 Å². The summed E-state index contributed by atoms with van der Waals surface area (Å²) >= 11 is 0. The van der Waals surface area contributed by atoms with E-state index in [1.54, 1.807) is 0 Å². The molecule has 0 saturated carbocycles. The predicted molar refractivity (Wildman–Crippen MR) is 114 cm³/mol. The third kappa shape index (κ3) is 2.39. The van der Waals surface area contributed by atoms with Crippen LogP contribution in [0.25, 0.3) is 32.3 Å². The zero-order valence-corrected chi connectivity index (χ0v) is 16.0. The fourth-order valence-electron chi connectivity index (χ4n) is 4.00. The maximum Gasteiger partial charge on any atom is 0.498 e. The first-order valence-electron chi connectivity index (χ1n) is 9.41. The van der Waals surface area contributed by atoms with Crippen molar-refractivity contribution in [3.8, 4) is 0 Å². The zero-order valence-electron chi connectivity index (χ0n) is 16.0. The second-order valence-electron chi connectivity index (χ2n) is 8.20. The Morgan fingerprint density at radius 1 is 0.667 bits per heavy atom. The van der Waals surface area contributed by atoms with Gasteiger partial charge in [0.25, 0.3) is 0 Å². The number of hydrogen-bond donors (Lipinski definition) is 0. The van der Waals surface area contributed by atoms with Gasteiger partial charge in [-0.2, -0.15) is 0 Å². The zero-order chi connectivity index (χ0) is 18.8. The molecule has 0 spiro atoms. The molecule has 132 valence electrons. The molecule has 1 aliphatic rings. The lowest BCUT2D eigenvalue weighted by Gasteiger charge is -2.25. The Balaban J connectivity index is 1.78. The maximum atomic E-state index is 6.21. The first-order chi connectivity index (χ1) is 12.9. The summed E-state index contributed by atoms with van der Waals surface area (Å²) in [6, 6.07) is 23.7. The molecule has 1 heterocycles. The number of rotatable bonds is 1. The van der Waals surface area contributed by atoms with E-state index in [4.69, 9.17) is 9.31 Å². The third-order valence-electron chi connectivity index (χ3n) is 6.08. The number of fused-ring (bicyclic) bond motifs is 6. The molecule has 3 heteroatoms. The average molecular weight is 353 g/mol. The van der Waals surface area contributed by atoms with Gasteiger partial charge in [0, 0.05) is 6.92 Å². The van der Waals surface area contributed by atoms with Crippen molar-refractivity contribution in [2.24, 2.45) is 0 Å². The molecule has 1 atom stereocenters. The normalized spacial score (nSPS) is 22.1. The van der Waals surface area contributed by atoms with E-state index in [0.29, 0.717) is 0 Å². The number of benzene rings is 4. The average Bonchev–Trinajstić information content (AvgIpc) is 2.89. The molecule has 1 fully saturated rings. The number of hydrogen-bond acceptors (Lipinski definition) is 2. The third-order valence-corrected chi connectivity index (χ3v) is 6.08. The highest BCUT2D eigenvalue weighted by atomic mass is 16.7. The summed E-state index contributed by atoms with van der Waals surface area (Å²) in [4.78, 5) is 0. The molecule has 0 aromatic heterocycles. The Bertz CT molecular complexity index is 1140. The van der Waals surface area contributed by atoms with Crippen LogP contribution in [0.1, 0.15) is 20.8 Å². The Morgan fingerprint density at radius 3 is 1.63 bits per heavy atom. The first-order valence-corrected chi connectivity index (χ1v) is 9.41. The van der Waals surface area contributed by atoms with Crippen LogP contribution in [0, 0.1) is 6.92 Å². The molecule has 0 N–H and O–H groups in total. The van der Waals surface area contributed by atoms with Gasteiger partial charge in [0.05, 0.1) is 6.92 Å². The van der Waals surface area contributed by atoms with Crippen LogP contribution in [0.3, 0.4) is 0 Å². The molecule has 5 rings (SSSR count). The Hall–Kier alpha value is -2.49. The highest BCUT2D eigenvalue weighted by Crippen LogP contribution is 2.38. The van der Waals surface area contributed by atoms with Gasteiger partial charge in [-0.05, 0) is 51.6 Å². The fraction of sp³-hybridized carbons (Fsp3) is 0.208. The van der Waals surface area contributed by atoms with Crippen molar-refractivity contribution in [3.63, 3.8) is 0 Å². The van der Waals surface area contributed by atoms with Crippen molar-refractivity contribution in [2.45, 2.75) is 32.0 Å². The molecule has 2 nitrogen and oxygen atoms in total. The van der Waals surface area contributed by atoms with Crippen molar-refractivity contribution < 1.29 is 9.31 Å². The summed E-state index contributed by atoms with van der Waals surface area (Å²) in [5.74, 6) is 0. The van der Waals surface area contributed by atoms with Gasteiger partial charge in [-0.1, -0.05) is 66.7 Å².